The van der Waals surface area contributed by atoms with Crippen LogP contribution >= 0.6 is 0 Å². The van der Waals surface area contributed by atoms with Crippen molar-refractivity contribution >= 4 is 10.0 Å². The van der Waals surface area contributed by atoms with Gasteiger partial charge in [0.05, 0.1) is 11.6 Å². The van der Waals surface area contributed by atoms with Gasteiger partial charge < -0.3 is 0 Å². The summed E-state index contributed by atoms with van der Waals surface area (Å²) in [6, 6.07) is 5.67. The molecule has 1 saturated heterocycles. The molecule has 0 radical (unpaired) electrons. The highest BCUT2D eigenvalue weighted by Crippen LogP contribution is 2.42. The second kappa shape index (κ2) is 6.62. The molecule has 2 aromatic rings. The predicted octanol–water partition coefficient (Wildman–Crippen LogP) is 4.51. The third-order valence-corrected chi connectivity index (χ3v) is 6.25. The Morgan fingerprint density at radius 3 is 2.38 bits per heavy atom. The van der Waals surface area contributed by atoms with Crippen LogP contribution in [0.1, 0.15) is 30.0 Å². The fraction of sp³-hybridized carbons (Fsp3) is 0.294. The van der Waals surface area contributed by atoms with Crippen LogP contribution in [-0.4, -0.2) is 19.3 Å². The summed E-state index contributed by atoms with van der Waals surface area (Å²) in [5.74, 6) is -2.22. The van der Waals surface area contributed by atoms with E-state index in [1.807, 2.05) is 0 Å². The van der Waals surface area contributed by atoms with Crippen molar-refractivity contribution in [2.45, 2.75) is 30.0 Å². The first kappa shape index (κ1) is 18.8. The van der Waals surface area contributed by atoms with Gasteiger partial charge in [-0.05, 0) is 36.6 Å². The lowest BCUT2D eigenvalue weighted by atomic mass is 9.99. The quantitative estimate of drug-likeness (QED) is 0.722. The highest BCUT2D eigenvalue weighted by Gasteiger charge is 2.42. The first-order valence-corrected chi connectivity index (χ1v) is 9.19. The summed E-state index contributed by atoms with van der Waals surface area (Å²) in [7, 11) is -4.42. The van der Waals surface area contributed by atoms with E-state index in [2.05, 4.69) is 0 Å². The average Bonchev–Trinajstić information content (AvgIpc) is 3.04. The van der Waals surface area contributed by atoms with Gasteiger partial charge in [0.2, 0.25) is 10.0 Å². The van der Waals surface area contributed by atoms with Gasteiger partial charge in [-0.2, -0.15) is 17.5 Å². The number of benzene rings is 2. The van der Waals surface area contributed by atoms with Gasteiger partial charge in [-0.25, -0.2) is 17.2 Å². The Morgan fingerprint density at radius 2 is 1.73 bits per heavy atom. The van der Waals surface area contributed by atoms with Gasteiger partial charge in [0, 0.05) is 12.6 Å². The monoisotopic (exact) mass is 391 g/mol. The van der Waals surface area contributed by atoms with Crippen LogP contribution in [-0.2, 0) is 16.2 Å². The van der Waals surface area contributed by atoms with Gasteiger partial charge in [0.25, 0.3) is 0 Å². The lowest BCUT2D eigenvalue weighted by Gasteiger charge is -2.26. The van der Waals surface area contributed by atoms with Crippen LogP contribution in [0.5, 0.6) is 0 Å². The Morgan fingerprint density at radius 1 is 1.04 bits per heavy atom. The minimum Gasteiger partial charge on any atom is -0.207 e. The van der Waals surface area contributed by atoms with Crippen LogP contribution < -0.4 is 0 Å². The number of sulfonamides is 1. The van der Waals surface area contributed by atoms with Crippen molar-refractivity contribution < 1.29 is 30.4 Å². The molecule has 0 spiro atoms. The number of hydrogen-bond acceptors (Lipinski definition) is 2. The van der Waals surface area contributed by atoms with Crippen LogP contribution in [0, 0.1) is 11.6 Å². The maximum Gasteiger partial charge on any atom is 0.416 e. The molecule has 26 heavy (non-hydrogen) atoms. The SMILES string of the molecule is O=S(=O)(c1ccc(F)cc1F)N1CCCC1c1ccccc1C(F)(F)F. The van der Waals surface area contributed by atoms with Crippen molar-refractivity contribution in [3.8, 4) is 0 Å². The molecule has 3 rings (SSSR count). The Bertz CT molecular complexity index is 927. The molecule has 0 aromatic heterocycles. The van der Waals surface area contributed by atoms with Crippen LogP contribution in [0.25, 0.3) is 0 Å². The van der Waals surface area contributed by atoms with Gasteiger partial charge in [-0.15, -0.1) is 0 Å². The first-order chi connectivity index (χ1) is 12.1. The van der Waals surface area contributed by atoms with E-state index in [-0.39, 0.29) is 18.5 Å². The smallest absolute Gasteiger partial charge is 0.207 e. The summed E-state index contributed by atoms with van der Waals surface area (Å²) >= 11 is 0. The van der Waals surface area contributed by atoms with E-state index in [1.165, 1.54) is 18.2 Å². The fourth-order valence-electron chi connectivity index (χ4n) is 3.20. The molecule has 1 atom stereocenters. The number of halogens is 5. The molecule has 0 aliphatic carbocycles. The zero-order valence-electron chi connectivity index (χ0n) is 13.3. The Kier molecular flexibility index (Phi) is 4.78. The maximum absolute atomic E-state index is 14.0. The number of nitrogens with zero attached hydrogens (tertiary/aromatic N) is 1. The molecule has 0 amide bonds. The van der Waals surface area contributed by atoms with Gasteiger partial charge in [-0.3, -0.25) is 0 Å². The van der Waals surface area contributed by atoms with Crippen molar-refractivity contribution in [1.29, 1.82) is 0 Å². The van der Waals surface area contributed by atoms with Gasteiger partial charge >= 0.3 is 6.18 Å². The summed E-state index contributed by atoms with van der Waals surface area (Å²) < 4.78 is 93.3. The summed E-state index contributed by atoms with van der Waals surface area (Å²) in [6.45, 7) is -0.0456. The van der Waals surface area contributed by atoms with E-state index in [0.29, 0.717) is 12.5 Å². The van der Waals surface area contributed by atoms with Crippen LogP contribution in [0.15, 0.2) is 47.4 Å². The standard InChI is InChI=1S/C17H14F5NO2S/c18-11-7-8-16(14(19)10-11)26(24,25)23-9-3-6-15(23)12-4-1-2-5-13(12)17(20,21)22/h1-2,4-5,7-8,10,15H,3,6,9H2. The summed E-state index contributed by atoms with van der Waals surface area (Å²) in [5.41, 5.74) is -1.10. The molecule has 3 nitrogen and oxygen atoms in total. The molecule has 0 saturated carbocycles. The van der Waals surface area contributed by atoms with E-state index >= 15 is 0 Å². The van der Waals surface area contributed by atoms with Crippen molar-refractivity contribution in [2.24, 2.45) is 0 Å². The molecule has 1 unspecified atom stereocenters. The lowest BCUT2D eigenvalue weighted by molar-refractivity contribution is -0.138. The second-order valence-corrected chi connectivity index (χ2v) is 7.79. The second-order valence-electron chi connectivity index (χ2n) is 5.93. The van der Waals surface area contributed by atoms with Gasteiger partial charge in [0.1, 0.15) is 16.5 Å². The largest absolute Gasteiger partial charge is 0.416 e. The van der Waals surface area contributed by atoms with E-state index in [9.17, 15) is 30.4 Å². The fourth-order valence-corrected chi connectivity index (χ4v) is 4.92. The van der Waals surface area contributed by atoms with Crippen LogP contribution in [0.3, 0.4) is 0 Å². The molecule has 0 bridgehead atoms. The van der Waals surface area contributed by atoms with Crippen molar-refractivity contribution in [3.63, 3.8) is 0 Å². The molecule has 1 heterocycles. The Balaban J connectivity index is 2.07. The zero-order chi connectivity index (χ0) is 19.1. The maximum atomic E-state index is 14.0. The van der Waals surface area contributed by atoms with E-state index in [4.69, 9.17) is 0 Å². The summed E-state index contributed by atoms with van der Waals surface area (Å²) in [5, 5.41) is 0. The highest BCUT2D eigenvalue weighted by atomic mass is 32.2. The molecular formula is C17H14F5NO2S. The Hall–Kier alpha value is -2.00. The summed E-state index contributed by atoms with van der Waals surface area (Å²) in [6.07, 6.45) is -4.14. The van der Waals surface area contributed by atoms with Crippen molar-refractivity contribution in [2.75, 3.05) is 6.54 Å². The van der Waals surface area contributed by atoms with E-state index in [0.717, 1.165) is 22.5 Å². The topological polar surface area (TPSA) is 37.4 Å². The minimum atomic E-state index is -4.64. The zero-order valence-corrected chi connectivity index (χ0v) is 14.1. The molecule has 1 fully saturated rings. The summed E-state index contributed by atoms with van der Waals surface area (Å²) in [4.78, 5) is -0.754. The van der Waals surface area contributed by atoms with E-state index < -0.39 is 44.3 Å². The van der Waals surface area contributed by atoms with Gasteiger partial charge in [0.15, 0.2) is 0 Å². The number of hydrogen-bond donors (Lipinski definition) is 0. The normalized spacial score (nSPS) is 19.0. The molecule has 2 aromatic carbocycles. The van der Waals surface area contributed by atoms with Gasteiger partial charge in [-0.1, -0.05) is 18.2 Å². The van der Waals surface area contributed by atoms with Crippen molar-refractivity contribution in [1.82, 2.24) is 4.31 Å². The first-order valence-electron chi connectivity index (χ1n) is 7.75. The lowest BCUT2D eigenvalue weighted by Crippen LogP contribution is -2.32. The van der Waals surface area contributed by atoms with Crippen molar-refractivity contribution in [3.05, 3.63) is 65.2 Å². The Labute approximate surface area is 147 Å². The third-order valence-electron chi connectivity index (χ3n) is 4.31. The predicted molar refractivity (Wildman–Crippen MR) is 83.7 cm³/mol. The minimum absolute atomic E-state index is 0.0456. The molecule has 1 aliphatic rings. The third kappa shape index (κ3) is 3.33. The van der Waals surface area contributed by atoms with Crippen LogP contribution in [0.4, 0.5) is 22.0 Å². The van der Waals surface area contributed by atoms with E-state index in [1.54, 1.807) is 0 Å². The molecule has 9 heteroatoms. The van der Waals surface area contributed by atoms with Crippen LogP contribution in [0.2, 0.25) is 0 Å². The molecule has 140 valence electrons. The molecular weight excluding hydrogens is 377 g/mol. The highest BCUT2D eigenvalue weighted by molar-refractivity contribution is 7.89. The average molecular weight is 391 g/mol. The number of rotatable bonds is 3. The molecule has 0 N–H and O–H groups in total. The number of alkyl halides is 3. The molecule has 1 aliphatic heterocycles.